The van der Waals surface area contributed by atoms with Crippen molar-refractivity contribution in [2.75, 3.05) is 0 Å². The summed E-state index contributed by atoms with van der Waals surface area (Å²) in [5.74, 6) is -0.754. The van der Waals surface area contributed by atoms with Crippen LogP contribution in [0.3, 0.4) is 0 Å². The second kappa shape index (κ2) is 15.6. The van der Waals surface area contributed by atoms with Gasteiger partial charge in [0.2, 0.25) is 0 Å². The zero-order valence-electron chi connectivity index (χ0n) is 16.5. The highest BCUT2D eigenvalue weighted by atomic mass is 16.4. The fourth-order valence-corrected chi connectivity index (χ4v) is 1.37. The summed E-state index contributed by atoms with van der Waals surface area (Å²) in [6.07, 6.45) is 1.72. The Labute approximate surface area is 157 Å². The summed E-state index contributed by atoms with van der Waals surface area (Å²) in [7, 11) is 0. The molecule has 0 spiro atoms. The van der Waals surface area contributed by atoms with Crippen molar-refractivity contribution >= 4 is 11.8 Å². The van der Waals surface area contributed by atoms with Crippen LogP contribution in [0.4, 0.5) is 0 Å². The molecule has 0 radical (unpaired) electrons. The summed E-state index contributed by atoms with van der Waals surface area (Å²) in [4.78, 5) is 21.0. The maximum absolute atomic E-state index is 10.6. The SMILES string of the molecule is C=CC(=C)C.CC.CC(=O)c1ccccc1.Cc1ccc(C(=O)O)cc1. The van der Waals surface area contributed by atoms with E-state index in [1.807, 2.05) is 58.0 Å². The van der Waals surface area contributed by atoms with Crippen LogP contribution in [0, 0.1) is 6.92 Å². The number of carboxylic acids is 1. The molecule has 0 aliphatic carbocycles. The maximum Gasteiger partial charge on any atom is 0.335 e. The Kier molecular flexibility index (Phi) is 15.2. The van der Waals surface area contributed by atoms with Crippen LogP contribution in [0.5, 0.6) is 0 Å². The Morgan fingerprint density at radius 3 is 1.58 bits per heavy atom. The third kappa shape index (κ3) is 13.5. The molecule has 2 rings (SSSR count). The van der Waals surface area contributed by atoms with Crippen LogP contribution < -0.4 is 0 Å². The Morgan fingerprint density at radius 1 is 0.885 bits per heavy atom. The number of carboxylic acid groups (broad SMARTS) is 1. The predicted octanol–water partition coefficient (Wildman–Crippen LogP) is 6.36. The highest BCUT2D eigenvalue weighted by Gasteiger charge is 1.98. The minimum Gasteiger partial charge on any atom is -0.478 e. The van der Waals surface area contributed by atoms with Crippen molar-refractivity contribution in [1.82, 2.24) is 0 Å². The summed E-state index contributed by atoms with van der Waals surface area (Å²) < 4.78 is 0. The molecular formula is C23H30O3. The van der Waals surface area contributed by atoms with Gasteiger partial charge in [0.1, 0.15) is 0 Å². The average molecular weight is 354 g/mol. The van der Waals surface area contributed by atoms with Gasteiger partial charge in [-0.2, -0.15) is 0 Å². The number of benzene rings is 2. The normalized spacial score (nSPS) is 8.19. The molecule has 0 aliphatic rings. The van der Waals surface area contributed by atoms with Gasteiger partial charge in [0.15, 0.2) is 5.78 Å². The molecule has 3 nitrogen and oxygen atoms in total. The van der Waals surface area contributed by atoms with Crippen molar-refractivity contribution in [2.24, 2.45) is 0 Å². The molecule has 0 unspecified atom stereocenters. The van der Waals surface area contributed by atoms with E-state index < -0.39 is 5.97 Å². The lowest BCUT2D eigenvalue weighted by Crippen LogP contribution is -1.94. The number of aromatic carboxylic acids is 1. The Bertz CT molecular complexity index is 668. The van der Waals surface area contributed by atoms with Gasteiger partial charge in [-0.15, -0.1) is 0 Å². The molecule has 0 aliphatic heterocycles. The number of carbonyl (C=O) groups excluding carboxylic acids is 1. The first-order valence-corrected chi connectivity index (χ1v) is 8.41. The second-order valence-corrected chi connectivity index (χ2v) is 5.14. The molecule has 0 amide bonds. The first-order chi connectivity index (χ1) is 12.3. The molecule has 0 aromatic heterocycles. The minimum atomic E-state index is -0.875. The van der Waals surface area contributed by atoms with Crippen molar-refractivity contribution in [3.8, 4) is 0 Å². The van der Waals surface area contributed by atoms with Crippen molar-refractivity contribution in [2.45, 2.75) is 34.6 Å². The van der Waals surface area contributed by atoms with Crippen LogP contribution in [0.25, 0.3) is 0 Å². The summed E-state index contributed by atoms with van der Waals surface area (Å²) in [6, 6.07) is 16.0. The van der Waals surface area contributed by atoms with Gasteiger partial charge in [-0.1, -0.05) is 86.7 Å². The fourth-order valence-electron chi connectivity index (χ4n) is 1.37. The molecule has 1 N–H and O–H groups in total. The average Bonchev–Trinajstić information content (AvgIpc) is 2.65. The van der Waals surface area contributed by atoms with E-state index in [0.29, 0.717) is 5.56 Å². The molecule has 140 valence electrons. The summed E-state index contributed by atoms with van der Waals surface area (Å²) in [5, 5.41) is 8.48. The van der Waals surface area contributed by atoms with Gasteiger partial charge >= 0.3 is 5.97 Å². The van der Waals surface area contributed by atoms with Crippen LogP contribution in [0.1, 0.15) is 54.0 Å². The van der Waals surface area contributed by atoms with Crippen LogP contribution in [-0.2, 0) is 0 Å². The number of Topliss-reactive ketones (excluding diaryl/α,β-unsaturated/α-hetero) is 1. The number of carbonyl (C=O) groups is 2. The largest absolute Gasteiger partial charge is 0.478 e. The summed E-state index contributed by atoms with van der Waals surface area (Å²) >= 11 is 0. The van der Waals surface area contributed by atoms with Gasteiger partial charge in [0.05, 0.1) is 5.56 Å². The van der Waals surface area contributed by atoms with E-state index in [9.17, 15) is 9.59 Å². The lowest BCUT2D eigenvalue weighted by atomic mass is 10.2. The van der Waals surface area contributed by atoms with Crippen LogP contribution in [0.15, 0.2) is 79.4 Å². The van der Waals surface area contributed by atoms with Crippen LogP contribution in [0.2, 0.25) is 0 Å². The molecule has 2 aromatic rings. The molecule has 0 saturated carbocycles. The number of rotatable bonds is 3. The van der Waals surface area contributed by atoms with Gasteiger partial charge in [-0.25, -0.2) is 4.79 Å². The Hall–Kier alpha value is -2.94. The molecule has 0 saturated heterocycles. The Morgan fingerprint density at radius 2 is 1.31 bits per heavy atom. The maximum atomic E-state index is 10.6. The first kappa shape index (κ1) is 25.3. The monoisotopic (exact) mass is 354 g/mol. The lowest BCUT2D eigenvalue weighted by Gasteiger charge is -1.92. The molecule has 0 atom stereocenters. The van der Waals surface area contributed by atoms with Gasteiger partial charge in [-0.05, 0) is 32.9 Å². The van der Waals surface area contributed by atoms with Crippen molar-refractivity contribution in [1.29, 1.82) is 0 Å². The van der Waals surface area contributed by atoms with Gasteiger partial charge in [0, 0.05) is 5.56 Å². The molecular weight excluding hydrogens is 324 g/mol. The standard InChI is InChI=1S/C8H8O2.C8H8O.C5H8.C2H6/c1-6-2-4-7(5-3-6)8(9)10;1-7(9)8-5-3-2-4-6-8;1-4-5(2)3;1-2/h2-5H,1H3,(H,9,10);2-6H,1H3;4H,1-2H2,3H3;1-2H3. The highest BCUT2D eigenvalue weighted by Crippen LogP contribution is 2.01. The van der Waals surface area contributed by atoms with Crippen molar-refractivity contribution < 1.29 is 14.7 Å². The minimum absolute atomic E-state index is 0.121. The van der Waals surface area contributed by atoms with E-state index in [1.165, 1.54) is 0 Å². The number of hydrogen-bond acceptors (Lipinski definition) is 2. The molecule has 26 heavy (non-hydrogen) atoms. The number of hydrogen-bond donors (Lipinski definition) is 1. The van der Waals surface area contributed by atoms with Crippen LogP contribution >= 0.6 is 0 Å². The van der Waals surface area contributed by atoms with E-state index in [4.69, 9.17) is 5.11 Å². The third-order valence-corrected chi connectivity index (χ3v) is 2.83. The second-order valence-electron chi connectivity index (χ2n) is 5.14. The van der Waals surface area contributed by atoms with E-state index in [0.717, 1.165) is 16.7 Å². The zero-order valence-corrected chi connectivity index (χ0v) is 16.5. The first-order valence-electron chi connectivity index (χ1n) is 8.41. The van der Waals surface area contributed by atoms with E-state index in [-0.39, 0.29) is 5.78 Å². The summed E-state index contributed by atoms with van der Waals surface area (Å²) in [6.45, 7) is 16.4. The predicted molar refractivity (Wildman–Crippen MR) is 111 cm³/mol. The number of allylic oxidation sites excluding steroid dienone is 2. The van der Waals surface area contributed by atoms with E-state index in [2.05, 4.69) is 13.2 Å². The van der Waals surface area contributed by atoms with Gasteiger partial charge < -0.3 is 5.11 Å². The molecule has 2 aromatic carbocycles. The molecule has 0 fully saturated rings. The lowest BCUT2D eigenvalue weighted by molar-refractivity contribution is 0.0696. The van der Waals surface area contributed by atoms with Gasteiger partial charge in [0.25, 0.3) is 0 Å². The summed E-state index contributed by atoms with van der Waals surface area (Å²) in [5.41, 5.74) is 3.21. The van der Waals surface area contributed by atoms with E-state index >= 15 is 0 Å². The fraction of sp³-hybridized carbons (Fsp3) is 0.217. The zero-order chi connectivity index (χ0) is 20.5. The number of ketones is 1. The van der Waals surface area contributed by atoms with Crippen molar-refractivity contribution in [3.63, 3.8) is 0 Å². The number of aryl methyl sites for hydroxylation is 1. The van der Waals surface area contributed by atoms with Gasteiger partial charge in [-0.3, -0.25) is 4.79 Å². The van der Waals surface area contributed by atoms with Crippen LogP contribution in [-0.4, -0.2) is 16.9 Å². The third-order valence-electron chi connectivity index (χ3n) is 2.83. The Balaban J connectivity index is 0. The smallest absolute Gasteiger partial charge is 0.335 e. The van der Waals surface area contributed by atoms with Crippen molar-refractivity contribution in [3.05, 3.63) is 96.1 Å². The highest BCUT2D eigenvalue weighted by molar-refractivity contribution is 5.93. The quantitative estimate of drug-likeness (QED) is 0.515. The van der Waals surface area contributed by atoms with E-state index in [1.54, 1.807) is 37.3 Å². The molecule has 0 bridgehead atoms. The molecule has 0 heterocycles. The molecule has 3 heteroatoms. The topological polar surface area (TPSA) is 54.4 Å².